The Balaban J connectivity index is 3.35. The second-order valence-electron chi connectivity index (χ2n) is 5.53. The number of rotatable bonds is 14. The van der Waals surface area contributed by atoms with Gasteiger partial charge in [0.05, 0.1) is 7.11 Å². The lowest BCUT2D eigenvalue weighted by molar-refractivity contribution is -0.140. The molecule has 0 N–H and O–H groups in total. The molecule has 0 radical (unpaired) electrons. The Kier molecular flexibility index (Phi) is 17.2. The monoisotopic (exact) mass is 318 g/mol. The van der Waals surface area contributed by atoms with E-state index in [0.717, 1.165) is 44.9 Å². The third-order valence-corrected chi connectivity index (χ3v) is 3.45. The fourth-order valence-corrected chi connectivity index (χ4v) is 2.08. The van der Waals surface area contributed by atoms with Crippen molar-refractivity contribution >= 4 is 5.97 Å². The van der Waals surface area contributed by atoms with Crippen LogP contribution >= 0.6 is 0 Å². The molecule has 0 atom stereocenters. The number of esters is 1. The molecule has 0 saturated carbocycles. The SMILES string of the molecule is CCC=CCC=CCC=CC/C=C\CCCCCCC(=O)OC. The maximum atomic E-state index is 10.9. The average Bonchev–Trinajstić information content (AvgIpc) is 2.57. The molecule has 130 valence electrons. The summed E-state index contributed by atoms with van der Waals surface area (Å²) in [6, 6.07) is 0. The number of carbonyl (C=O) groups excluding carboxylic acids is 1. The summed E-state index contributed by atoms with van der Waals surface area (Å²) in [5.41, 5.74) is 0. The van der Waals surface area contributed by atoms with Gasteiger partial charge in [0.15, 0.2) is 0 Å². The Labute approximate surface area is 143 Å². The molecule has 2 nitrogen and oxygen atoms in total. The van der Waals surface area contributed by atoms with E-state index >= 15 is 0 Å². The maximum absolute atomic E-state index is 10.9. The molecular weight excluding hydrogens is 284 g/mol. The van der Waals surface area contributed by atoms with Crippen LogP contribution in [-0.4, -0.2) is 13.1 Å². The van der Waals surface area contributed by atoms with Gasteiger partial charge in [0.2, 0.25) is 0 Å². The van der Waals surface area contributed by atoms with E-state index in [2.05, 4.69) is 60.3 Å². The number of hydrogen-bond donors (Lipinski definition) is 0. The molecule has 23 heavy (non-hydrogen) atoms. The van der Waals surface area contributed by atoms with Gasteiger partial charge < -0.3 is 4.74 Å². The highest BCUT2D eigenvalue weighted by Crippen LogP contribution is 2.06. The predicted octanol–water partition coefficient (Wildman–Crippen LogP) is 6.31. The Hall–Kier alpha value is -1.57. The Morgan fingerprint density at radius 2 is 1.26 bits per heavy atom. The predicted molar refractivity (Wildman–Crippen MR) is 100 cm³/mol. The van der Waals surface area contributed by atoms with Crippen LogP contribution in [0.1, 0.15) is 71.1 Å². The van der Waals surface area contributed by atoms with Gasteiger partial charge in [-0.2, -0.15) is 0 Å². The van der Waals surface area contributed by atoms with Crippen molar-refractivity contribution < 1.29 is 9.53 Å². The molecule has 0 heterocycles. The lowest BCUT2D eigenvalue weighted by Gasteiger charge is -1.99. The molecule has 2 heteroatoms. The summed E-state index contributed by atoms with van der Waals surface area (Å²) >= 11 is 0. The Bertz CT molecular complexity index is 375. The normalized spacial score (nSPS) is 12.3. The van der Waals surface area contributed by atoms with Gasteiger partial charge in [-0.1, -0.05) is 68.4 Å². The van der Waals surface area contributed by atoms with Gasteiger partial charge in [0.25, 0.3) is 0 Å². The van der Waals surface area contributed by atoms with E-state index in [1.165, 1.54) is 20.0 Å². The Morgan fingerprint density at radius 1 is 0.739 bits per heavy atom. The first-order valence-corrected chi connectivity index (χ1v) is 8.98. The summed E-state index contributed by atoms with van der Waals surface area (Å²) in [5, 5.41) is 0. The van der Waals surface area contributed by atoms with Gasteiger partial charge in [-0.05, 0) is 44.9 Å². The molecule has 0 fully saturated rings. The fraction of sp³-hybridized carbons (Fsp3) is 0.571. The van der Waals surface area contributed by atoms with Crippen molar-refractivity contribution in [1.29, 1.82) is 0 Å². The summed E-state index contributed by atoms with van der Waals surface area (Å²) in [7, 11) is 1.45. The average molecular weight is 319 g/mol. The molecule has 0 saturated heterocycles. The zero-order valence-corrected chi connectivity index (χ0v) is 15.0. The molecule has 0 aliphatic heterocycles. The number of unbranched alkanes of at least 4 members (excludes halogenated alkanes) is 4. The second kappa shape index (κ2) is 18.5. The quantitative estimate of drug-likeness (QED) is 0.213. The first-order chi connectivity index (χ1) is 11.3. The molecule has 0 bridgehead atoms. The molecule has 0 aromatic heterocycles. The summed E-state index contributed by atoms with van der Waals surface area (Å²) in [6.45, 7) is 2.15. The number of allylic oxidation sites excluding steroid dienone is 8. The topological polar surface area (TPSA) is 26.3 Å². The van der Waals surface area contributed by atoms with E-state index in [1.807, 2.05) is 0 Å². The third-order valence-electron chi connectivity index (χ3n) is 3.45. The smallest absolute Gasteiger partial charge is 0.305 e. The first kappa shape index (κ1) is 21.4. The summed E-state index contributed by atoms with van der Waals surface area (Å²) < 4.78 is 4.62. The maximum Gasteiger partial charge on any atom is 0.305 e. The molecule has 0 spiro atoms. The molecule has 0 aliphatic carbocycles. The van der Waals surface area contributed by atoms with Crippen molar-refractivity contribution in [3.05, 3.63) is 48.6 Å². The number of methoxy groups -OCH3 is 1. The van der Waals surface area contributed by atoms with Crippen LogP contribution in [0.15, 0.2) is 48.6 Å². The highest BCUT2D eigenvalue weighted by Gasteiger charge is 1.98. The first-order valence-electron chi connectivity index (χ1n) is 8.98. The summed E-state index contributed by atoms with van der Waals surface area (Å²) in [6.07, 6.45) is 28.1. The molecule has 0 unspecified atom stereocenters. The van der Waals surface area contributed by atoms with Crippen molar-refractivity contribution in [2.45, 2.75) is 71.1 Å². The van der Waals surface area contributed by atoms with Crippen LogP contribution in [0.25, 0.3) is 0 Å². The minimum atomic E-state index is -0.0936. The van der Waals surface area contributed by atoms with Crippen LogP contribution < -0.4 is 0 Å². The molecule has 0 rings (SSSR count). The van der Waals surface area contributed by atoms with E-state index < -0.39 is 0 Å². The van der Waals surface area contributed by atoms with Gasteiger partial charge in [0.1, 0.15) is 0 Å². The standard InChI is InChI=1S/C21H34O2/c1-3-4-5-6-7-8-9-10-11-12-13-14-15-16-17-18-19-20-21(22)23-2/h4-5,7-8,10-11,13-14H,3,6,9,12,15-20H2,1-2H3/b5-4?,8-7?,11-10?,14-13-. The minimum absolute atomic E-state index is 0.0936. The zero-order chi connectivity index (χ0) is 17.0. The van der Waals surface area contributed by atoms with Crippen LogP contribution in [0.2, 0.25) is 0 Å². The highest BCUT2D eigenvalue weighted by molar-refractivity contribution is 5.68. The molecule has 0 aliphatic rings. The van der Waals surface area contributed by atoms with Crippen molar-refractivity contribution in [2.24, 2.45) is 0 Å². The third kappa shape index (κ3) is 18.4. The van der Waals surface area contributed by atoms with E-state index in [9.17, 15) is 4.79 Å². The fourth-order valence-electron chi connectivity index (χ4n) is 2.08. The van der Waals surface area contributed by atoms with Crippen LogP contribution in [-0.2, 0) is 9.53 Å². The van der Waals surface area contributed by atoms with Crippen molar-refractivity contribution in [3.63, 3.8) is 0 Å². The summed E-state index contributed by atoms with van der Waals surface area (Å²) in [5.74, 6) is -0.0936. The van der Waals surface area contributed by atoms with Crippen molar-refractivity contribution in [1.82, 2.24) is 0 Å². The highest BCUT2D eigenvalue weighted by atomic mass is 16.5. The van der Waals surface area contributed by atoms with E-state index in [4.69, 9.17) is 0 Å². The van der Waals surface area contributed by atoms with Gasteiger partial charge >= 0.3 is 5.97 Å². The second-order valence-corrected chi connectivity index (χ2v) is 5.53. The minimum Gasteiger partial charge on any atom is -0.469 e. The largest absolute Gasteiger partial charge is 0.469 e. The lowest BCUT2D eigenvalue weighted by Crippen LogP contribution is -1.98. The van der Waals surface area contributed by atoms with Gasteiger partial charge in [-0.3, -0.25) is 4.79 Å². The zero-order valence-electron chi connectivity index (χ0n) is 15.0. The van der Waals surface area contributed by atoms with Gasteiger partial charge in [-0.15, -0.1) is 0 Å². The van der Waals surface area contributed by atoms with Crippen molar-refractivity contribution in [2.75, 3.05) is 7.11 Å². The van der Waals surface area contributed by atoms with Crippen LogP contribution in [0.4, 0.5) is 0 Å². The van der Waals surface area contributed by atoms with Gasteiger partial charge in [0, 0.05) is 6.42 Å². The van der Waals surface area contributed by atoms with Crippen LogP contribution in [0.3, 0.4) is 0 Å². The molecule has 0 aromatic rings. The van der Waals surface area contributed by atoms with Crippen LogP contribution in [0.5, 0.6) is 0 Å². The van der Waals surface area contributed by atoms with E-state index in [1.54, 1.807) is 0 Å². The van der Waals surface area contributed by atoms with Crippen molar-refractivity contribution in [3.8, 4) is 0 Å². The molecular formula is C21H34O2. The molecule has 0 aromatic carbocycles. The number of ether oxygens (including phenoxy) is 1. The number of carbonyl (C=O) groups is 1. The Morgan fingerprint density at radius 3 is 1.83 bits per heavy atom. The van der Waals surface area contributed by atoms with Gasteiger partial charge in [-0.25, -0.2) is 0 Å². The lowest BCUT2D eigenvalue weighted by atomic mass is 10.1. The van der Waals surface area contributed by atoms with Crippen LogP contribution in [0, 0.1) is 0 Å². The van der Waals surface area contributed by atoms with E-state index in [0.29, 0.717) is 6.42 Å². The number of hydrogen-bond acceptors (Lipinski definition) is 2. The molecule has 0 amide bonds. The summed E-state index contributed by atoms with van der Waals surface area (Å²) in [4.78, 5) is 10.9. The van der Waals surface area contributed by atoms with E-state index in [-0.39, 0.29) is 5.97 Å².